The van der Waals surface area contributed by atoms with Gasteiger partial charge in [0.25, 0.3) is 6.43 Å². The molecule has 3 rings (SSSR count). The van der Waals surface area contributed by atoms with Crippen molar-refractivity contribution in [2.45, 2.75) is 22.7 Å². The molecule has 7 nitrogen and oxygen atoms in total. The van der Waals surface area contributed by atoms with E-state index in [0.29, 0.717) is 14.5 Å². The van der Waals surface area contributed by atoms with Crippen molar-refractivity contribution in [3.05, 3.63) is 18.0 Å². The van der Waals surface area contributed by atoms with E-state index in [1.54, 1.807) is 12.1 Å². The molecule has 21 heavy (non-hydrogen) atoms. The molecule has 3 aromatic heterocycles. The summed E-state index contributed by atoms with van der Waals surface area (Å²) in [5.74, 6) is -0.474. The average Bonchev–Trinajstić information content (AvgIpc) is 3.05. The van der Waals surface area contributed by atoms with Crippen molar-refractivity contribution in [2.24, 2.45) is 0 Å². The van der Waals surface area contributed by atoms with Gasteiger partial charge in [-0.1, -0.05) is 11.3 Å². The molecule has 0 amide bonds. The third-order valence-corrected chi connectivity index (χ3v) is 4.24. The van der Waals surface area contributed by atoms with Crippen LogP contribution in [0.1, 0.15) is 19.2 Å². The van der Waals surface area contributed by atoms with Crippen LogP contribution >= 0.6 is 23.1 Å². The average molecular weight is 329 g/mol. The molecular weight excluding hydrogens is 320 g/mol. The van der Waals surface area contributed by atoms with Gasteiger partial charge >= 0.3 is 0 Å². The molecule has 11 heteroatoms. The first-order valence-corrected chi connectivity index (χ1v) is 7.56. The minimum Gasteiger partial charge on any atom is -0.360 e. The SMILES string of the molecule is CCNc1nnc(Sc2ccc3nnc(C(F)F)n3n2)s1. The van der Waals surface area contributed by atoms with Crippen LogP contribution in [0.3, 0.4) is 0 Å². The lowest BCUT2D eigenvalue weighted by Gasteiger charge is -1.99. The van der Waals surface area contributed by atoms with Gasteiger partial charge in [0, 0.05) is 6.54 Å². The number of aromatic nitrogens is 6. The molecule has 3 heterocycles. The molecule has 0 spiro atoms. The van der Waals surface area contributed by atoms with Gasteiger partial charge in [-0.2, -0.15) is 9.61 Å². The number of alkyl halides is 2. The molecule has 0 saturated heterocycles. The van der Waals surface area contributed by atoms with E-state index in [4.69, 9.17) is 0 Å². The van der Waals surface area contributed by atoms with Crippen molar-refractivity contribution in [3.63, 3.8) is 0 Å². The minimum absolute atomic E-state index is 0.278. The number of hydrogen-bond acceptors (Lipinski definition) is 8. The molecule has 0 radical (unpaired) electrons. The first-order chi connectivity index (χ1) is 10.2. The third kappa shape index (κ3) is 2.93. The molecule has 0 saturated carbocycles. The largest absolute Gasteiger partial charge is 0.360 e. The summed E-state index contributed by atoms with van der Waals surface area (Å²) in [6.07, 6.45) is -2.73. The van der Waals surface area contributed by atoms with E-state index in [1.165, 1.54) is 23.1 Å². The van der Waals surface area contributed by atoms with E-state index in [9.17, 15) is 8.78 Å². The van der Waals surface area contributed by atoms with Crippen molar-refractivity contribution in [2.75, 3.05) is 11.9 Å². The number of rotatable bonds is 5. The Morgan fingerprint density at radius 3 is 2.90 bits per heavy atom. The van der Waals surface area contributed by atoms with E-state index in [1.807, 2.05) is 6.92 Å². The zero-order chi connectivity index (χ0) is 14.8. The second-order valence-corrected chi connectivity index (χ2v) is 6.05. The van der Waals surface area contributed by atoms with Gasteiger partial charge in [0.1, 0.15) is 5.03 Å². The van der Waals surface area contributed by atoms with Gasteiger partial charge in [-0.15, -0.1) is 20.4 Å². The van der Waals surface area contributed by atoms with Crippen LogP contribution in [-0.2, 0) is 0 Å². The highest BCUT2D eigenvalue weighted by Gasteiger charge is 2.17. The Morgan fingerprint density at radius 1 is 1.29 bits per heavy atom. The second-order valence-electron chi connectivity index (χ2n) is 3.81. The summed E-state index contributed by atoms with van der Waals surface area (Å²) in [7, 11) is 0. The lowest BCUT2D eigenvalue weighted by atomic mass is 10.5. The van der Waals surface area contributed by atoms with Gasteiger partial charge in [0.2, 0.25) is 11.0 Å². The van der Waals surface area contributed by atoms with Crippen LogP contribution in [0, 0.1) is 0 Å². The first-order valence-electron chi connectivity index (χ1n) is 5.93. The molecule has 0 aliphatic rings. The Morgan fingerprint density at radius 2 is 2.14 bits per heavy atom. The van der Waals surface area contributed by atoms with Crippen LogP contribution in [0.2, 0.25) is 0 Å². The molecule has 0 unspecified atom stereocenters. The summed E-state index contributed by atoms with van der Waals surface area (Å²) in [4.78, 5) is 0. The topological polar surface area (TPSA) is 80.9 Å². The fourth-order valence-corrected chi connectivity index (χ4v) is 3.27. The van der Waals surface area contributed by atoms with Crippen LogP contribution in [0.25, 0.3) is 5.65 Å². The summed E-state index contributed by atoms with van der Waals surface area (Å²) < 4.78 is 27.3. The normalized spacial score (nSPS) is 11.4. The highest BCUT2D eigenvalue weighted by Crippen LogP contribution is 2.31. The van der Waals surface area contributed by atoms with Crippen molar-refractivity contribution in [1.29, 1.82) is 0 Å². The molecule has 0 aliphatic carbocycles. The number of nitrogens with one attached hydrogen (secondary N) is 1. The number of nitrogens with zero attached hydrogens (tertiary/aromatic N) is 6. The monoisotopic (exact) mass is 329 g/mol. The van der Waals surface area contributed by atoms with Gasteiger partial charge in [-0.05, 0) is 30.8 Å². The summed E-state index contributed by atoms with van der Waals surface area (Å²) in [5, 5.41) is 23.4. The molecule has 0 aromatic carbocycles. The minimum atomic E-state index is -2.73. The Hall–Kier alpha value is -1.88. The third-order valence-electron chi connectivity index (χ3n) is 2.38. The maximum atomic E-state index is 12.8. The second kappa shape index (κ2) is 5.85. The van der Waals surface area contributed by atoms with Crippen LogP contribution in [0.5, 0.6) is 0 Å². The van der Waals surface area contributed by atoms with Crippen LogP contribution in [0.15, 0.2) is 21.5 Å². The fraction of sp³-hybridized carbons (Fsp3) is 0.300. The van der Waals surface area contributed by atoms with Gasteiger partial charge in [0.05, 0.1) is 0 Å². The Balaban J connectivity index is 1.87. The van der Waals surface area contributed by atoms with Crippen molar-refractivity contribution >= 4 is 33.9 Å². The molecule has 0 aliphatic heterocycles. The molecule has 3 aromatic rings. The van der Waals surface area contributed by atoms with E-state index in [-0.39, 0.29) is 5.65 Å². The summed E-state index contributed by atoms with van der Waals surface area (Å²) in [6, 6.07) is 3.26. The zero-order valence-corrected chi connectivity index (χ0v) is 12.3. The highest BCUT2D eigenvalue weighted by molar-refractivity contribution is 8.01. The maximum absolute atomic E-state index is 12.8. The van der Waals surface area contributed by atoms with Gasteiger partial charge < -0.3 is 5.32 Å². The quantitative estimate of drug-likeness (QED) is 0.770. The van der Waals surface area contributed by atoms with Crippen molar-refractivity contribution < 1.29 is 8.78 Å². The lowest BCUT2D eigenvalue weighted by Crippen LogP contribution is -2.00. The molecular formula is C10H9F2N7S2. The molecule has 0 atom stereocenters. The van der Waals surface area contributed by atoms with Crippen molar-refractivity contribution in [3.8, 4) is 0 Å². The molecule has 1 N–H and O–H groups in total. The van der Waals surface area contributed by atoms with Crippen molar-refractivity contribution in [1.82, 2.24) is 30.0 Å². The number of fused-ring (bicyclic) bond motifs is 1. The standard InChI is InChI=1S/C10H9F2N7S2/c1-2-13-9-16-17-10(21-9)20-6-4-3-5-14-15-8(7(11)12)19(5)18-6/h3-4,7H,2H2,1H3,(H,13,16). The van der Waals surface area contributed by atoms with Gasteiger partial charge in [-0.25, -0.2) is 8.78 Å². The van der Waals surface area contributed by atoms with Crippen LogP contribution in [-0.4, -0.2) is 36.6 Å². The predicted octanol–water partition coefficient (Wildman–Crippen LogP) is 2.50. The maximum Gasteiger partial charge on any atom is 0.299 e. The lowest BCUT2D eigenvalue weighted by molar-refractivity contribution is 0.137. The smallest absolute Gasteiger partial charge is 0.299 e. The summed E-state index contributed by atoms with van der Waals surface area (Å²) >= 11 is 2.62. The number of hydrogen-bond donors (Lipinski definition) is 1. The van der Waals surface area contributed by atoms with E-state index >= 15 is 0 Å². The first kappa shape index (κ1) is 14.1. The summed E-state index contributed by atoms with van der Waals surface area (Å²) in [6.45, 7) is 2.71. The van der Waals surface area contributed by atoms with Gasteiger partial charge in [-0.3, -0.25) is 0 Å². The van der Waals surface area contributed by atoms with E-state index < -0.39 is 12.2 Å². The Bertz CT molecular complexity index is 757. The number of halogens is 2. The Labute approximate surface area is 125 Å². The highest BCUT2D eigenvalue weighted by atomic mass is 32.2. The van der Waals surface area contributed by atoms with Gasteiger partial charge in [0.15, 0.2) is 9.99 Å². The van der Waals surface area contributed by atoms with E-state index in [2.05, 4.69) is 30.8 Å². The molecule has 0 bridgehead atoms. The molecule has 110 valence electrons. The van der Waals surface area contributed by atoms with E-state index in [0.717, 1.165) is 11.1 Å². The summed E-state index contributed by atoms with van der Waals surface area (Å²) in [5.41, 5.74) is 0.278. The van der Waals surface area contributed by atoms with Crippen LogP contribution in [0.4, 0.5) is 13.9 Å². The predicted molar refractivity (Wildman–Crippen MR) is 73.9 cm³/mol. The number of anilines is 1. The molecule has 0 fully saturated rings. The fourth-order valence-electron chi connectivity index (χ4n) is 1.54. The zero-order valence-electron chi connectivity index (χ0n) is 10.7. The Kier molecular flexibility index (Phi) is 3.92. The van der Waals surface area contributed by atoms with Crippen LogP contribution < -0.4 is 5.32 Å².